The maximum Gasteiger partial charge on any atom is 0.140 e. The number of ether oxygens (including phenoxy) is 1. The largest absolute Gasteiger partial charge is 0.490 e. The lowest BCUT2D eigenvalue weighted by molar-refractivity contribution is 0.0285. The van der Waals surface area contributed by atoms with E-state index >= 15 is 0 Å². The van der Waals surface area contributed by atoms with E-state index < -0.39 is 5.60 Å². The fourth-order valence-corrected chi connectivity index (χ4v) is 3.46. The maximum absolute atomic E-state index is 9.87. The summed E-state index contributed by atoms with van der Waals surface area (Å²) in [6, 6.07) is 13.7. The molecule has 4 rings (SSSR count). The highest BCUT2D eigenvalue weighted by molar-refractivity contribution is 6.09. The van der Waals surface area contributed by atoms with E-state index in [1.807, 2.05) is 53.1 Å². The quantitative estimate of drug-likeness (QED) is 0.319. The van der Waals surface area contributed by atoms with Crippen LogP contribution < -0.4 is 15.8 Å². The number of nitrogens with two attached hydrogens (primary N) is 1. The standard InChI is InChI=1S/C26H29N7O2/c1-26(2,34)16-35-21-8-9-33-23(15-30-25(33)10-21)22-11-24(32-17-31-22)29-13-18-4-6-19(7-5-18)20(12-27)14-28-3/h4-12,14-15,17,34H,13,16,27H2,1-3H3,(H,29,31,32). The van der Waals surface area contributed by atoms with Crippen molar-refractivity contribution in [1.82, 2.24) is 19.4 Å². The minimum atomic E-state index is -0.909. The van der Waals surface area contributed by atoms with Crippen molar-refractivity contribution in [1.29, 1.82) is 0 Å². The summed E-state index contributed by atoms with van der Waals surface area (Å²) in [6.07, 6.45) is 8.46. The molecule has 0 amide bonds. The minimum absolute atomic E-state index is 0.193. The zero-order chi connectivity index (χ0) is 24.8. The fourth-order valence-electron chi connectivity index (χ4n) is 3.46. The molecule has 0 atom stereocenters. The second-order valence-corrected chi connectivity index (χ2v) is 8.68. The van der Waals surface area contributed by atoms with Crippen LogP contribution in [0.25, 0.3) is 22.6 Å². The predicted octanol–water partition coefficient (Wildman–Crippen LogP) is 3.55. The van der Waals surface area contributed by atoms with Gasteiger partial charge in [0, 0.05) is 49.9 Å². The predicted molar refractivity (Wildman–Crippen MR) is 138 cm³/mol. The number of aliphatic imine (C=N–C) groups is 1. The third kappa shape index (κ3) is 6.01. The lowest BCUT2D eigenvalue weighted by Gasteiger charge is -2.17. The summed E-state index contributed by atoms with van der Waals surface area (Å²) in [5.41, 5.74) is 10.1. The summed E-state index contributed by atoms with van der Waals surface area (Å²) in [5.74, 6) is 1.35. The van der Waals surface area contributed by atoms with Crippen molar-refractivity contribution in [2.45, 2.75) is 26.0 Å². The third-order valence-electron chi connectivity index (χ3n) is 5.21. The van der Waals surface area contributed by atoms with Crippen LogP contribution in [0.2, 0.25) is 0 Å². The number of anilines is 1. The highest BCUT2D eigenvalue weighted by atomic mass is 16.5. The van der Waals surface area contributed by atoms with Crippen molar-refractivity contribution < 1.29 is 9.84 Å². The number of imidazole rings is 1. The molecule has 0 spiro atoms. The monoisotopic (exact) mass is 471 g/mol. The first-order chi connectivity index (χ1) is 16.9. The van der Waals surface area contributed by atoms with Crippen LogP contribution in [0, 0.1) is 0 Å². The lowest BCUT2D eigenvalue weighted by Crippen LogP contribution is -2.27. The van der Waals surface area contributed by atoms with Crippen molar-refractivity contribution in [2.24, 2.45) is 10.7 Å². The number of fused-ring (bicyclic) bond motifs is 1. The number of aliphatic hydroxyl groups is 1. The molecular weight excluding hydrogens is 442 g/mol. The van der Waals surface area contributed by atoms with Crippen molar-refractivity contribution in [3.05, 3.63) is 78.5 Å². The molecule has 4 aromatic rings. The molecule has 0 radical (unpaired) electrons. The van der Waals surface area contributed by atoms with E-state index in [4.69, 9.17) is 10.5 Å². The summed E-state index contributed by atoms with van der Waals surface area (Å²) in [4.78, 5) is 17.3. The SMILES string of the molecule is CN=CC(=CN)c1ccc(CNc2cc(-c3cnc4cc(OCC(C)(C)O)ccn34)ncn2)cc1. The molecule has 1 aromatic carbocycles. The fraction of sp³-hybridized carbons (Fsp3) is 0.231. The Kier molecular flexibility index (Phi) is 7.07. The van der Waals surface area contributed by atoms with Gasteiger partial charge in [-0.2, -0.15) is 0 Å². The van der Waals surface area contributed by atoms with Gasteiger partial charge in [0.05, 0.1) is 23.2 Å². The average molecular weight is 472 g/mol. The number of nitrogens with zero attached hydrogens (tertiary/aromatic N) is 5. The molecule has 3 aromatic heterocycles. The molecule has 9 heteroatoms. The number of allylic oxidation sites excluding steroid dienone is 1. The summed E-state index contributed by atoms with van der Waals surface area (Å²) in [7, 11) is 1.72. The number of rotatable bonds is 9. The molecule has 0 saturated heterocycles. The molecule has 4 N–H and O–H groups in total. The molecule has 9 nitrogen and oxygen atoms in total. The van der Waals surface area contributed by atoms with E-state index in [0.717, 1.165) is 33.7 Å². The van der Waals surface area contributed by atoms with Gasteiger partial charge in [-0.15, -0.1) is 0 Å². The van der Waals surface area contributed by atoms with Gasteiger partial charge in [0.2, 0.25) is 0 Å². The van der Waals surface area contributed by atoms with Crippen LogP contribution in [-0.4, -0.2) is 49.9 Å². The molecule has 0 unspecified atom stereocenters. The second-order valence-electron chi connectivity index (χ2n) is 8.68. The van der Waals surface area contributed by atoms with Crippen LogP contribution in [0.5, 0.6) is 5.75 Å². The van der Waals surface area contributed by atoms with Gasteiger partial charge in [-0.1, -0.05) is 24.3 Å². The first-order valence-corrected chi connectivity index (χ1v) is 11.2. The van der Waals surface area contributed by atoms with Crippen molar-refractivity contribution >= 4 is 23.3 Å². The van der Waals surface area contributed by atoms with Gasteiger partial charge in [0.15, 0.2) is 0 Å². The Morgan fingerprint density at radius 1 is 1.17 bits per heavy atom. The van der Waals surface area contributed by atoms with E-state index in [-0.39, 0.29) is 6.61 Å². The van der Waals surface area contributed by atoms with E-state index in [0.29, 0.717) is 18.1 Å². The van der Waals surface area contributed by atoms with Crippen LogP contribution in [-0.2, 0) is 6.54 Å². The Hall–Kier alpha value is -4.24. The first kappa shape index (κ1) is 23.9. The molecule has 0 aliphatic rings. The Morgan fingerprint density at radius 3 is 2.69 bits per heavy atom. The number of pyridine rings is 1. The first-order valence-electron chi connectivity index (χ1n) is 11.2. The summed E-state index contributed by atoms with van der Waals surface area (Å²) in [6.45, 7) is 4.20. The average Bonchev–Trinajstić information content (AvgIpc) is 3.28. The molecule has 0 fully saturated rings. The Morgan fingerprint density at radius 2 is 1.97 bits per heavy atom. The zero-order valence-corrected chi connectivity index (χ0v) is 20.0. The van der Waals surface area contributed by atoms with E-state index in [9.17, 15) is 5.11 Å². The normalized spacial score (nSPS) is 12.4. The summed E-state index contributed by atoms with van der Waals surface area (Å²) >= 11 is 0. The maximum atomic E-state index is 9.87. The topological polar surface area (TPSA) is 123 Å². The summed E-state index contributed by atoms with van der Waals surface area (Å²) < 4.78 is 7.61. The number of benzene rings is 1. The number of hydrogen-bond acceptors (Lipinski definition) is 8. The van der Waals surface area contributed by atoms with Gasteiger partial charge in [0.1, 0.15) is 30.1 Å². The molecule has 0 bridgehead atoms. The molecule has 35 heavy (non-hydrogen) atoms. The molecule has 0 saturated carbocycles. The van der Waals surface area contributed by atoms with Crippen LogP contribution >= 0.6 is 0 Å². The summed E-state index contributed by atoms with van der Waals surface area (Å²) in [5, 5.41) is 13.2. The van der Waals surface area contributed by atoms with Gasteiger partial charge in [0.25, 0.3) is 0 Å². The zero-order valence-electron chi connectivity index (χ0n) is 20.0. The van der Waals surface area contributed by atoms with Crippen LogP contribution in [0.3, 0.4) is 0 Å². The van der Waals surface area contributed by atoms with Gasteiger partial charge in [-0.3, -0.25) is 9.39 Å². The van der Waals surface area contributed by atoms with Gasteiger partial charge < -0.3 is 20.9 Å². The molecular formula is C26H29N7O2. The van der Waals surface area contributed by atoms with Crippen LogP contribution in [0.1, 0.15) is 25.0 Å². The molecule has 0 aliphatic heterocycles. The van der Waals surface area contributed by atoms with E-state index in [1.165, 1.54) is 6.33 Å². The second kappa shape index (κ2) is 10.4. The Bertz CT molecular complexity index is 1350. The molecule has 0 aliphatic carbocycles. The number of hydrogen-bond donors (Lipinski definition) is 3. The highest BCUT2D eigenvalue weighted by Gasteiger charge is 2.14. The third-order valence-corrected chi connectivity index (χ3v) is 5.21. The van der Waals surface area contributed by atoms with Crippen LogP contribution in [0.4, 0.5) is 5.82 Å². The lowest BCUT2D eigenvalue weighted by atomic mass is 10.1. The molecule has 180 valence electrons. The number of aromatic nitrogens is 4. The van der Waals surface area contributed by atoms with Crippen molar-refractivity contribution in [3.63, 3.8) is 0 Å². The number of nitrogens with one attached hydrogen (secondary N) is 1. The Balaban J connectivity index is 1.46. The van der Waals surface area contributed by atoms with E-state index in [2.05, 4.69) is 25.3 Å². The Labute approximate surface area is 204 Å². The van der Waals surface area contributed by atoms with Gasteiger partial charge in [-0.05, 0) is 31.0 Å². The van der Waals surface area contributed by atoms with Gasteiger partial charge in [-0.25, -0.2) is 15.0 Å². The molecule has 3 heterocycles. The van der Waals surface area contributed by atoms with E-state index in [1.54, 1.807) is 39.5 Å². The van der Waals surface area contributed by atoms with Crippen molar-refractivity contribution in [3.8, 4) is 17.1 Å². The van der Waals surface area contributed by atoms with Gasteiger partial charge >= 0.3 is 0 Å². The van der Waals surface area contributed by atoms with Crippen molar-refractivity contribution in [2.75, 3.05) is 19.0 Å². The minimum Gasteiger partial charge on any atom is -0.490 e. The smallest absolute Gasteiger partial charge is 0.140 e. The van der Waals surface area contributed by atoms with Crippen LogP contribution in [0.15, 0.2) is 72.4 Å². The highest BCUT2D eigenvalue weighted by Crippen LogP contribution is 2.24.